The summed E-state index contributed by atoms with van der Waals surface area (Å²) in [7, 11) is 0. The minimum atomic E-state index is -1.18. The number of carbonyl (C=O) groups is 3. The van der Waals surface area contributed by atoms with Gasteiger partial charge in [0.2, 0.25) is 0 Å². The van der Waals surface area contributed by atoms with E-state index in [9.17, 15) is 14.4 Å². The van der Waals surface area contributed by atoms with Gasteiger partial charge in [0.05, 0.1) is 17.6 Å². The molecule has 2 fully saturated rings. The maximum absolute atomic E-state index is 13.0. The minimum Gasteiger partial charge on any atom is -0.462 e. The SMILES string of the molecule is CCCOC(=O)c1cccc(NC(=O)[C@]23CC[C@](C)(C(=O)O2)C3(C)C)c1. The van der Waals surface area contributed by atoms with Crippen LogP contribution in [-0.2, 0) is 19.1 Å². The average molecular weight is 359 g/mol. The van der Waals surface area contributed by atoms with E-state index < -0.39 is 22.4 Å². The van der Waals surface area contributed by atoms with Gasteiger partial charge >= 0.3 is 11.9 Å². The van der Waals surface area contributed by atoms with Gasteiger partial charge in [-0.1, -0.05) is 26.8 Å². The number of amides is 1. The van der Waals surface area contributed by atoms with Crippen molar-refractivity contribution < 1.29 is 23.9 Å². The quantitative estimate of drug-likeness (QED) is 0.816. The number of rotatable bonds is 5. The topological polar surface area (TPSA) is 81.7 Å². The summed E-state index contributed by atoms with van der Waals surface area (Å²) < 4.78 is 10.7. The van der Waals surface area contributed by atoms with E-state index >= 15 is 0 Å². The highest BCUT2D eigenvalue weighted by Gasteiger charge is 2.75. The van der Waals surface area contributed by atoms with Crippen molar-refractivity contribution in [1.82, 2.24) is 0 Å². The number of ether oxygens (including phenoxy) is 2. The molecule has 1 saturated carbocycles. The fraction of sp³-hybridized carbons (Fsp3) is 0.550. The van der Waals surface area contributed by atoms with E-state index in [2.05, 4.69) is 5.32 Å². The molecule has 140 valence electrons. The van der Waals surface area contributed by atoms with Gasteiger partial charge in [0.25, 0.3) is 5.91 Å². The van der Waals surface area contributed by atoms with Crippen molar-refractivity contribution >= 4 is 23.5 Å². The third-order valence-electron chi connectivity index (χ3n) is 6.24. The van der Waals surface area contributed by atoms with E-state index in [1.54, 1.807) is 24.3 Å². The molecule has 2 bridgehead atoms. The van der Waals surface area contributed by atoms with Crippen molar-refractivity contribution in [2.45, 2.75) is 52.6 Å². The summed E-state index contributed by atoms with van der Waals surface area (Å²) in [6.45, 7) is 7.94. The Balaban J connectivity index is 1.81. The van der Waals surface area contributed by atoms with Crippen LogP contribution >= 0.6 is 0 Å². The van der Waals surface area contributed by atoms with E-state index in [4.69, 9.17) is 9.47 Å². The Morgan fingerprint density at radius 1 is 1.23 bits per heavy atom. The number of anilines is 1. The molecule has 1 saturated heterocycles. The lowest BCUT2D eigenvalue weighted by Crippen LogP contribution is -2.50. The molecule has 6 nitrogen and oxygen atoms in total. The minimum absolute atomic E-state index is 0.319. The van der Waals surface area contributed by atoms with Gasteiger partial charge in [-0.25, -0.2) is 4.79 Å². The Hall–Kier alpha value is -2.37. The van der Waals surface area contributed by atoms with Crippen LogP contribution in [0.2, 0.25) is 0 Å². The van der Waals surface area contributed by atoms with Crippen LogP contribution in [0.25, 0.3) is 0 Å². The molecule has 1 aliphatic carbocycles. The highest BCUT2D eigenvalue weighted by atomic mass is 16.6. The summed E-state index contributed by atoms with van der Waals surface area (Å²) in [4.78, 5) is 37.4. The van der Waals surface area contributed by atoms with E-state index in [0.717, 1.165) is 6.42 Å². The van der Waals surface area contributed by atoms with Crippen molar-refractivity contribution in [2.24, 2.45) is 10.8 Å². The second-order valence-electron chi connectivity index (χ2n) is 7.84. The monoisotopic (exact) mass is 359 g/mol. The predicted molar refractivity (Wildman–Crippen MR) is 95.6 cm³/mol. The summed E-state index contributed by atoms with van der Waals surface area (Å²) in [5.74, 6) is -1.10. The molecule has 0 radical (unpaired) electrons. The number of hydrogen-bond donors (Lipinski definition) is 1. The van der Waals surface area contributed by atoms with Crippen LogP contribution in [0.5, 0.6) is 0 Å². The second-order valence-corrected chi connectivity index (χ2v) is 7.84. The standard InChI is InChI=1S/C20H25NO5/c1-5-11-25-15(22)13-7-6-8-14(12-13)21-16(23)20-10-9-19(4,17(24)26-20)18(20,2)3/h6-8,12H,5,9-11H2,1-4H3,(H,21,23)/t19-,20+/m1/s1. The van der Waals surface area contributed by atoms with Crippen molar-refractivity contribution in [1.29, 1.82) is 0 Å². The van der Waals surface area contributed by atoms with Crippen LogP contribution in [0.3, 0.4) is 0 Å². The lowest BCUT2D eigenvalue weighted by molar-refractivity contribution is -0.165. The molecule has 1 N–H and O–H groups in total. The zero-order chi connectivity index (χ0) is 19.2. The molecule has 2 aliphatic rings. The number of hydrogen-bond acceptors (Lipinski definition) is 5. The Morgan fingerprint density at radius 3 is 2.54 bits per heavy atom. The maximum Gasteiger partial charge on any atom is 0.338 e. The third-order valence-corrected chi connectivity index (χ3v) is 6.24. The summed E-state index contributed by atoms with van der Waals surface area (Å²) in [6, 6.07) is 6.59. The summed E-state index contributed by atoms with van der Waals surface area (Å²) >= 11 is 0. The molecular weight excluding hydrogens is 334 g/mol. The first kappa shape index (κ1) is 18.4. The Kier molecular flexibility index (Phi) is 4.33. The van der Waals surface area contributed by atoms with E-state index in [0.29, 0.717) is 30.7 Å². The molecule has 1 heterocycles. The molecule has 1 aromatic rings. The molecule has 6 heteroatoms. The number of nitrogens with one attached hydrogen (secondary N) is 1. The van der Waals surface area contributed by atoms with E-state index in [1.807, 2.05) is 27.7 Å². The number of esters is 2. The van der Waals surface area contributed by atoms with Gasteiger partial charge < -0.3 is 14.8 Å². The van der Waals surface area contributed by atoms with Gasteiger partial charge in [0.15, 0.2) is 5.60 Å². The van der Waals surface area contributed by atoms with E-state index in [-0.39, 0.29) is 11.9 Å². The zero-order valence-corrected chi connectivity index (χ0v) is 15.7. The molecule has 3 rings (SSSR count). The van der Waals surface area contributed by atoms with Crippen LogP contribution in [0.15, 0.2) is 24.3 Å². The molecule has 0 unspecified atom stereocenters. The largest absolute Gasteiger partial charge is 0.462 e. The van der Waals surface area contributed by atoms with Crippen LogP contribution in [0.1, 0.15) is 57.3 Å². The second kappa shape index (κ2) is 6.11. The first-order valence-electron chi connectivity index (χ1n) is 9.00. The van der Waals surface area contributed by atoms with Crippen LogP contribution in [0.4, 0.5) is 5.69 Å². The third kappa shape index (κ3) is 2.42. The molecular formula is C20H25NO5. The smallest absolute Gasteiger partial charge is 0.338 e. The Labute approximate surface area is 153 Å². The highest BCUT2D eigenvalue weighted by Crippen LogP contribution is 2.65. The highest BCUT2D eigenvalue weighted by molar-refractivity contribution is 6.03. The summed E-state index contributed by atoms with van der Waals surface area (Å²) in [5, 5.41) is 2.82. The normalized spacial score (nSPS) is 28.5. The van der Waals surface area contributed by atoms with Gasteiger partial charge in [-0.15, -0.1) is 0 Å². The summed E-state index contributed by atoms with van der Waals surface area (Å²) in [6.07, 6.45) is 1.85. The zero-order valence-electron chi connectivity index (χ0n) is 15.7. The maximum atomic E-state index is 13.0. The number of fused-ring (bicyclic) bond motifs is 2. The number of carbonyl (C=O) groups excluding carboxylic acids is 3. The van der Waals surface area contributed by atoms with E-state index in [1.165, 1.54) is 0 Å². The van der Waals surface area contributed by atoms with Crippen molar-refractivity contribution in [3.8, 4) is 0 Å². The van der Waals surface area contributed by atoms with Crippen LogP contribution in [-0.4, -0.2) is 30.1 Å². The molecule has 0 spiro atoms. The number of benzene rings is 1. The Bertz CT molecular complexity index is 771. The molecule has 1 amide bonds. The lowest BCUT2D eigenvalue weighted by Gasteiger charge is -2.35. The van der Waals surface area contributed by atoms with Gasteiger partial charge in [-0.3, -0.25) is 9.59 Å². The fourth-order valence-electron chi connectivity index (χ4n) is 3.98. The molecule has 1 aliphatic heterocycles. The van der Waals surface area contributed by atoms with Crippen molar-refractivity contribution in [2.75, 3.05) is 11.9 Å². The lowest BCUT2D eigenvalue weighted by atomic mass is 9.66. The van der Waals surface area contributed by atoms with Crippen LogP contribution in [0, 0.1) is 10.8 Å². The van der Waals surface area contributed by atoms with Gasteiger partial charge in [-0.2, -0.15) is 0 Å². The average Bonchev–Trinajstić information content (AvgIpc) is 2.90. The molecule has 2 atom stereocenters. The van der Waals surface area contributed by atoms with Gasteiger partial charge in [-0.05, 0) is 44.4 Å². The first-order valence-corrected chi connectivity index (χ1v) is 9.00. The Morgan fingerprint density at radius 2 is 1.96 bits per heavy atom. The molecule has 1 aromatic carbocycles. The molecule has 0 aromatic heterocycles. The molecule has 26 heavy (non-hydrogen) atoms. The van der Waals surface area contributed by atoms with Gasteiger partial charge in [0, 0.05) is 11.1 Å². The van der Waals surface area contributed by atoms with Crippen molar-refractivity contribution in [3.63, 3.8) is 0 Å². The van der Waals surface area contributed by atoms with Crippen molar-refractivity contribution in [3.05, 3.63) is 29.8 Å². The first-order chi connectivity index (χ1) is 12.2. The predicted octanol–water partition coefficient (Wildman–Crippen LogP) is 3.31. The fourth-order valence-corrected chi connectivity index (χ4v) is 3.98. The summed E-state index contributed by atoms with van der Waals surface area (Å²) in [5.41, 5.74) is -1.61. The van der Waals surface area contributed by atoms with Gasteiger partial charge in [0.1, 0.15) is 0 Å². The van der Waals surface area contributed by atoms with Crippen LogP contribution < -0.4 is 5.32 Å².